The number of β-amino-alcohol motifs (C(OH)–C–C–N with tert-alkyl or cyclic N) is 1. The lowest BCUT2D eigenvalue weighted by molar-refractivity contribution is 0.0819. The van der Waals surface area contributed by atoms with Crippen LogP contribution in [0.2, 0.25) is 10.0 Å². The number of aliphatic hydroxyl groups is 1. The van der Waals surface area contributed by atoms with E-state index in [0.29, 0.717) is 35.4 Å². The van der Waals surface area contributed by atoms with Crippen molar-refractivity contribution < 1.29 is 14.6 Å². The Labute approximate surface area is 191 Å². The fourth-order valence-electron chi connectivity index (χ4n) is 4.91. The summed E-state index contributed by atoms with van der Waals surface area (Å²) in [5.74, 6) is 0.693. The van der Waals surface area contributed by atoms with Crippen molar-refractivity contribution in [3.05, 3.63) is 57.6 Å². The van der Waals surface area contributed by atoms with Crippen LogP contribution in [0.5, 0.6) is 5.75 Å². The van der Waals surface area contributed by atoms with E-state index in [9.17, 15) is 9.90 Å². The second-order valence-electron chi connectivity index (χ2n) is 8.56. The highest BCUT2D eigenvalue weighted by molar-refractivity contribution is 6.35. The van der Waals surface area contributed by atoms with Gasteiger partial charge in [-0.3, -0.25) is 9.80 Å². The highest BCUT2D eigenvalue weighted by atomic mass is 35.5. The van der Waals surface area contributed by atoms with Gasteiger partial charge in [-0.15, -0.1) is 0 Å². The molecular weight excluding hydrogens is 437 g/mol. The van der Waals surface area contributed by atoms with Gasteiger partial charge in [0, 0.05) is 60.6 Å². The third-order valence-corrected chi connectivity index (χ3v) is 7.09. The number of hydrogen-bond acceptors (Lipinski definition) is 4. The zero-order valence-corrected chi connectivity index (χ0v) is 18.8. The van der Waals surface area contributed by atoms with Gasteiger partial charge < -0.3 is 14.7 Å². The van der Waals surface area contributed by atoms with Gasteiger partial charge in [0.15, 0.2) is 0 Å². The molecule has 164 valence electrons. The summed E-state index contributed by atoms with van der Waals surface area (Å²) < 4.78 is 6.54. The van der Waals surface area contributed by atoms with Crippen LogP contribution in [-0.4, -0.2) is 66.3 Å². The van der Waals surface area contributed by atoms with E-state index in [4.69, 9.17) is 27.9 Å². The van der Waals surface area contributed by atoms with Crippen molar-refractivity contribution in [1.29, 1.82) is 0 Å². The largest absolute Gasteiger partial charge is 0.484 e. The van der Waals surface area contributed by atoms with Crippen LogP contribution < -0.4 is 9.64 Å². The lowest BCUT2D eigenvalue weighted by atomic mass is 10.1. The predicted octanol–water partition coefficient (Wildman–Crippen LogP) is 3.98. The van der Waals surface area contributed by atoms with Crippen molar-refractivity contribution in [3.8, 4) is 5.75 Å². The van der Waals surface area contributed by atoms with Crippen LogP contribution in [0.1, 0.15) is 23.7 Å². The number of nitrogens with zero attached hydrogens (tertiary/aromatic N) is 3. The number of carbonyl (C=O) groups is 1. The lowest BCUT2D eigenvalue weighted by Gasteiger charge is -2.30. The zero-order valence-electron chi connectivity index (χ0n) is 17.3. The molecule has 5 rings (SSSR count). The molecule has 0 spiro atoms. The molecule has 0 aromatic heterocycles. The minimum Gasteiger partial charge on any atom is -0.484 e. The number of rotatable bonds is 4. The molecule has 0 unspecified atom stereocenters. The first-order valence-corrected chi connectivity index (χ1v) is 11.4. The molecule has 2 heterocycles. The standard InChI is InChI=1S/C23H25Cl2N3O3/c1-26-7-8-28(23(26)30)15-3-2-4-17(11-15)31-22-19-9-14(24)10-20(25)18(19)12-21(22)27-6-5-16(29)13-27/h2-4,9-11,16,21-22,29H,5-8,12-13H2,1H3/t16-,21-,22-/m1/s1. The van der Waals surface area contributed by atoms with Crippen LogP contribution in [-0.2, 0) is 6.42 Å². The molecule has 1 aliphatic carbocycles. The minimum absolute atomic E-state index is 0.00847. The van der Waals surface area contributed by atoms with Gasteiger partial charge in [0.1, 0.15) is 11.9 Å². The molecule has 2 aliphatic heterocycles. The fraction of sp³-hybridized carbons (Fsp3) is 0.435. The number of fused-ring (bicyclic) bond motifs is 1. The summed E-state index contributed by atoms with van der Waals surface area (Å²) in [6, 6.07) is 11.4. The smallest absolute Gasteiger partial charge is 0.324 e. The first-order chi connectivity index (χ1) is 14.9. The van der Waals surface area contributed by atoms with E-state index in [-0.39, 0.29) is 24.3 Å². The number of ether oxygens (including phenoxy) is 1. The molecule has 2 aromatic rings. The molecule has 8 heteroatoms. The summed E-state index contributed by atoms with van der Waals surface area (Å²) in [4.78, 5) is 18.2. The zero-order chi connectivity index (χ0) is 21.7. The Morgan fingerprint density at radius 3 is 2.68 bits per heavy atom. The van der Waals surface area contributed by atoms with E-state index < -0.39 is 0 Å². The molecule has 3 atom stereocenters. The number of urea groups is 1. The highest BCUT2D eigenvalue weighted by Crippen LogP contribution is 2.43. The highest BCUT2D eigenvalue weighted by Gasteiger charge is 2.41. The third kappa shape index (κ3) is 3.87. The van der Waals surface area contributed by atoms with Crippen molar-refractivity contribution in [2.45, 2.75) is 31.1 Å². The SMILES string of the molecule is CN1CCN(c2cccc(O[C@@H]3c4cc(Cl)cc(Cl)c4C[C@H]3N3CC[C@@H](O)C3)c2)C1=O. The maximum Gasteiger partial charge on any atom is 0.324 e. The van der Waals surface area contributed by atoms with Crippen molar-refractivity contribution >= 4 is 34.9 Å². The average Bonchev–Trinajstić information content (AvgIpc) is 3.41. The van der Waals surface area contributed by atoms with Gasteiger partial charge in [-0.2, -0.15) is 0 Å². The van der Waals surface area contributed by atoms with E-state index in [2.05, 4.69) is 4.90 Å². The van der Waals surface area contributed by atoms with Gasteiger partial charge in [0.2, 0.25) is 0 Å². The molecule has 6 nitrogen and oxygen atoms in total. The van der Waals surface area contributed by atoms with E-state index >= 15 is 0 Å². The Kier molecular flexibility index (Phi) is 5.51. The first-order valence-electron chi connectivity index (χ1n) is 10.6. The van der Waals surface area contributed by atoms with Crippen molar-refractivity contribution in [3.63, 3.8) is 0 Å². The molecule has 0 radical (unpaired) electrons. The number of benzene rings is 2. The van der Waals surface area contributed by atoms with Gasteiger partial charge in [-0.25, -0.2) is 4.79 Å². The fourth-order valence-corrected chi connectivity index (χ4v) is 5.49. The summed E-state index contributed by atoms with van der Waals surface area (Å²) in [5.41, 5.74) is 2.86. The summed E-state index contributed by atoms with van der Waals surface area (Å²) >= 11 is 12.9. The number of hydrogen-bond donors (Lipinski definition) is 1. The number of likely N-dealkylation sites (N-methyl/N-ethyl adjacent to an activating group) is 1. The van der Waals surface area contributed by atoms with E-state index in [1.54, 1.807) is 22.9 Å². The number of halogens is 2. The molecule has 1 N–H and O–H groups in total. The van der Waals surface area contributed by atoms with Crippen molar-refractivity contribution in [2.75, 3.05) is 38.1 Å². The number of aliphatic hydroxyl groups excluding tert-OH is 1. The topological polar surface area (TPSA) is 56.3 Å². The predicted molar refractivity (Wildman–Crippen MR) is 121 cm³/mol. The number of amides is 2. The molecule has 31 heavy (non-hydrogen) atoms. The van der Waals surface area contributed by atoms with Crippen LogP contribution in [0.3, 0.4) is 0 Å². The normalized spacial score (nSPS) is 26.1. The van der Waals surface area contributed by atoms with Crippen LogP contribution in [0.15, 0.2) is 36.4 Å². The van der Waals surface area contributed by atoms with Gasteiger partial charge in [-0.1, -0.05) is 29.3 Å². The molecule has 2 amide bonds. The maximum absolute atomic E-state index is 12.4. The lowest BCUT2D eigenvalue weighted by Crippen LogP contribution is -2.39. The Balaban J connectivity index is 1.46. The monoisotopic (exact) mass is 461 g/mol. The first kappa shape index (κ1) is 20.9. The molecular formula is C23H25Cl2N3O3. The minimum atomic E-state index is -0.315. The average molecular weight is 462 g/mol. The third-order valence-electron chi connectivity index (χ3n) is 6.54. The molecule has 2 saturated heterocycles. The van der Waals surface area contributed by atoms with Crippen molar-refractivity contribution in [1.82, 2.24) is 9.80 Å². The molecule has 2 fully saturated rings. The molecule has 3 aliphatic rings. The molecule has 0 saturated carbocycles. The van der Waals surface area contributed by atoms with Crippen LogP contribution >= 0.6 is 23.2 Å². The second-order valence-corrected chi connectivity index (χ2v) is 9.40. The quantitative estimate of drug-likeness (QED) is 0.747. The second kappa shape index (κ2) is 8.17. The van der Waals surface area contributed by atoms with Gasteiger partial charge >= 0.3 is 6.03 Å². The van der Waals surface area contributed by atoms with E-state index in [1.807, 2.05) is 30.3 Å². The van der Waals surface area contributed by atoms with Gasteiger partial charge in [-0.05, 0) is 42.7 Å². The van der Waals surface area contributed by atoms with Crippen molar-refractivity contribution in [2.24, 2.45) is 0 Å². The maximum atomic E-state index is 12.4. The Morgan fingerprint density at radius 2 is 1.97 bits per heavy atom. The van der Waals surface area contributed by atoms with Crippen LogP contribution in [0, 0.1) is 0 Å². The van der Waals surface area contributed by atoms with Gasteiger partial charge in [0.25, 0.3) is 0 Å². The van der Waals surface area contributed by atoms with Crippen LogP contribution in [0.25, 0.3) is 0 Å². The number of anilines is 1. The van der Waals surface area contributed by atoms with E-state index in [1.165, 1.54) is 0 Å². The van der Waals surface area contributed by atoms with Crippen LogP contribution in [0.4, 0.5) is 10.5 Å². The summed E-state index contributed by atoms with van der Waals surface area (Å²) in [7, 11) is 1.81. The summed E-state index contributed by atoms with van der Waals surface area (Å²) in [6.45, 7) is 2.80. The summed E-state index contributed by atoms with van der Waals surface area (Å²) in [6.07, 6.45) is 0.931. The Hall–Kier alpha value is -1.99. The summed E-state index contributed by atoms with van der Waals surface area (Å²) in [5, 5.41) is 11.3. The Bertz CT molecular complexity index is 1020. The number of carbonyl (C=O) groups excluding carboxylic acids is 1. The molecule has 2 aromatic carbocycles. The molecule has 0 bridgehead atoms. The van der Waals surface area contributed by atoms with E-state index in [0.717, 1.165) is 36.2 Å². The number of likely N-dealkylation sites (tertiary alicyclic amines) is 1. The van der Waals surface area contributed by atoms with Gasteiger partial charge in [0.05, 0.1) is 12.1 Å². The Morgan fingerprint density at radius 1 is 1.13 bits per heavy atom.